The van der Waals surface area contributed by atoms with Crippen molar-refractivity contribution >= 4 is 52.2 Å². The third kappa shape index (κ3) is 3.74. The molecule has 2 amide bonds. The van der Waals surface area contributed by atoms with Crippen LogP contribution in [0.5, 0.6) is 0 Å². The summed E-state index contributed by atoms with van der Waals surface area (Å²) in [6, 6.07) is 2.34. The highest BCUT2D eigenvalue weighted by molar-refractivity contribution is 8.26. The molecule has 9 heteroatoms. The Morgan fingerprint density at radius 3 is 2.91 bits per heavy atom. The van der Waals surface area contributed by atoms with Gasteiger partial charge in [-0.3, -0.25) is 19.3 Å². The van der Waals surface area contributed by atoms with E-state index in [-0.39, 0.29) is 10.9 Å². The van der Waals surface area contributed by atoms with E-state index in [0.29, 0.717) is 10.7 Å². The Morgan fingerprint density at radius 2 is 2.32 bits per heavy atom. The second-order valence-electron chi connectivity index (χ2n) is 4.41. The first-order valence-electron chi connectivity index (χ1n) is 6.19. The Morgan fingerprint density at radius 1 is 1.59 bits per heavy atom. The number of amides is 2. The molecular formula is C13H12N2O5S2. The number of thiocarbonyl (C=S) groups is 1. The zero-order valence-electron chi connectivity index (χ0n) is 11.4. The number of carbonyl (C=O) groups excluding carboxylic acids is 2. The summed E-state index contributed by atoms with van der Waals surface area (Å²) in [7, 11) is 0. The number of carboxylic acid groups (broad SMARTS) is 1. The van der Waals surface area contributed by atoms with Gasteiger partial charge in [0.1, 0.15) is 22.7 Å². The van der Waals surface area contributed by atoms with Crippen LogP contribution < -0.4 is 5.32 Å². The maximum Gasteiger partial charge on any atom is 0.325 e. The zero-order chi connectivity index (χ0) is 16.3. The maximum absolute atomic E-state index is 12.2. The summed E-state index contributed by atoms with van der Waals surface area (Å²) in [6.07, 6.45) is 3.02. The Labute approximate surface area is 135 Å². The standard InChI is InChI=1S/C13H12N2O5S2/c1-7(12(18)19)14-10(16)6-15-11(17)9(22-13(15)21)5-8-3-2-4-20-8/h2-5,7H,6H2,1H3,(H,14,16)(H,18,19)/b9-5-. The first-order chi connectivity index (χ1) is 10.4. The molecule has 1 fully saturated rings. The van der Waals surface area contributed by atoms with Crippen LogP contribution in [0.3, 0.4) is 0 Å². The highest BCUT2D eigenvalue weighted by Crippen LogP contribution is 2.32. The molecule has 0 aromatic carbocycles. The predicted molar refractivity (Wildman–Crippen MR) is 83.8 cm³/mol. The molecule has 1 unspecified atom stereocenters. The van der Waals surface area contributed by atoms with Gasteiger partial charge < -0.3 is 14.8 Å². The number of hydrogen-bond acceptors (Lipinski definition) is 6. The van der Waals surface area contributed by atoms with Gasteiger partial charge in [0.25, 0.3) is 5.91 Å². The molecule has 1 atom stereocenters. The van der Waals surface area contributed by atoms with Crippen molar-refractivity contribution in [1.29, 1.82) is 0 Å². The Bertz CT molecular complexity index is 653. The zero-order valence-corrected chi connectivity index (χ0v) is 13.1. The fraction of sp³-hybridized carbons (Fsp3) is 0.231. The molecule has 2 heterocycles. The Hall–Kier alpha value is -2.13. The smallest absolute Gasteiger partial charge is 0.325 e. The van der Waals surface area contributed by atoms with E-state index in [0.717, 1.165) is 16.7 Å². The summed E-state index contributed by atoms with van der Waals surface area (Å²) in [4.78, 5) is 36.1. The van der Waals surface area contributed by atoms with Crippen LogP contribution in [0.15, 0.2) is 27.7 Å². The van der Waals surface area contributed by atoms with Gasteiger partial charge in [0.2, 0.25) is 5.91 Å². The van der Waals surface area contributed by atoms with Crippen molar-refractivity contribution < 1.29 is 23.9 Å². The van der Waals surface area contributed by atoms with E-state index in [2.05, 4.69) is 5.32 Å². The third-order valence-electron chi connectivity index (χ3n) is 2.74. The monoisotopic (exact) mass is 340 g/mol. The molecule has 0 aliphatic carbocycles. The minimum absolute atomic E-state index is 0.237. The van der Waals surface area contributed by atoms with Crippen LogP contribution >= 0.6 is 24.0 Å². The Balaban J connectivity index is 2.03. The fourth-order valence-corrected chi connectivity index (χ4v) is 2.87. The molecule has 0 saturated carbocycles. The molecule has 1 saturated heterocycles. The minimum Gasteiger partial charge on any atom is -0.480 e. The van der Waals surface area contributed by atoms with Crippen LogP contribution in [0.2, 0.25) is 0 Å². The number of carboxylic acids is 1. The first-order valence-corrected chi connectivity index (χ1v) is 7.42. The summed E-state index contributed by atoms with van der Waals surface area (Å²) in [5.41, 5.74) is 0. The Kier molecular flexibility index (Phi) is 4.99. The van der Waals surface area contributed by atoms with Crippen LogP contribution in [0.1, 0.15) is 12.7 Å². The number of nitrogens with one attached hydrogen (secondary N) is 1. The van der Waals surface area contributed by atoms with Crippen molar-refractivity contribution in [3.05, 3.63) is 29.1 Å². The normalized spacial score (nSPS) is 17.9. The lowest BCUT2D eigenvalue weighted by Crippen LogP contribution is -2.45. The third-order valence-corrected chi connectivity index (χ3v) is 4.12. The highest BCUT2D eigenvalue weighted by atomic mass is 32.2. The number of rotatable bonds is 5. The average Bonchev–Trinajstić information content (AvgIpc) is 3.03. The lowest BCUT2D eigenvalue weighted by Gasteiger charge is -2.15. The van der Waals surface area contributed by atoms with E-state index >= 15 is 0 Å². The molecule has 7 nitrogen and oxygen atoms in total. The van der Waals surface area contributed by atoms with Gasteiger partial charge in [-0.25, -0.2) is 0 Å². The van der Waals surface area contributed by atoms with Gasteiger partial charge in [0.15, 0.2) is 0 Å². The summed E-state index contributed by atoms with van der Waals surface area (Å²) in [6.45, 7) is 1.01. The van der Waals surface area contributed by atoms with E-state index in [1.54, 1.807) is 12.1 Å². The molecule has 1 aliphatic heterocycles. The number of carbonyl (C=O) groups is 3. The van der Waals surface area contributed by atoms with Crippen LogP contribution in [-0.4, -0.2) is 44.7 Å². The van der Waals surface area contributed by atoms with Gasteiger partial charge >= 0.3 is 5.97 Å². The lowest BCUT2D eigenvalue weighted by atomic mass is 10.3. The summed E-state index contributed by atoms with van der Waals surface area (Å²) in [5, 5.41) is 11.0. The molecule has 0 radical (unpaired) electrons. The quantitative estimate of drug-likeness (QED) is 0.611. The lowest BCUT2D eigenvalue weighted by molar-refractivity contribution is -0.141. The van der Waals surface area contributed by atoms with Gasteiger partial charge in [-0.1, -0.05) is 24.0 Å². The van der Waals surface area contributed by atoms with Crippen LogP contribution in [-0.2, 0) is 14.4 Å². The van der Waals surface area contributed by atoms with Crippen molar-refractivity contribution in [2.75, 3.05) is 6.54 Å². The van der Waals surface area contributed by atoms with Gasteiger partial charge in [-0.15, -0.1) is 0 Å². The number of furan rings is 1. The van der Waals surface area contributed by atoms with E-state index < -0.39 is 23.8 Å². The fourth-order valence-electron chi connectivity index (χ4n) is 1.63. The van der Waals surface area contributed by atoms with E-state index in [1.165, 1.54) is 19.3 Å². The second kappa shape index (κ2) is 6.75. The van der Waals surface area contributed by atoms with Crippen molar-refractivity contribution in [1.82, 2.24) is 10.2 Å². The summed E-state index contributed by atoms with van der Waals surface area (Å²) < 4.78 is 5.36. The minimum atomic E-state index is -1.16. The predicted octanol–water partition coefficient (Wildman–Crippen LogP) is 1.07. The molecule has 2 N–H and O–H groups in total. The number of nitrogens with zero attached hydrogens (tertiary/aromatic N) is 1. The molecule has 1 aromatic rings. The molecular weight excluding hydrogens is 328 g/mol. The van der Waals surface area contributed by atoms with Crippen molar-refractivity contribution in [2.45, 2.75) is 13.0 Å². The largest absolute Gasteiger partial charge is 0.480 e. The van der Waals surface area contributed by atoms with Crippen LogP contribution in [0.25, 0.3) is 6.08 Å². The van der Waals surface area contributed by atoms with Crippen molar-refractivity contribution in [2.24, 2.45) is 0 Å². The summed E-state index contributed by atoms with van der Waals surface area (Å²) >= 11 is 6.13. The molecule has 0 spiro atoms. The van der Waals surface area contributed by atoms with E-state index in [1.807, 2.05) is 0 Å². The van der Waals surface area contributed by atoms with E-state index in [9.17, 15) is 14.4 Å². The van der Waals surface area contributed by atoms with Gasteiger partial charge in [-0.05, 0) is 19.1 Å². The van der Waals surface area contributed by atoms with Crippen LogP contribution in [0.4, 0.5) is 0 Å². The SMILES string of the molecule is CC(NC(=O)CN1C(=O)/C(=C/c2ccco2)SC1=S)C(=O)O. The number of hydrogen-bond donors (Lipinski definition) is 2. The average molecular weight is 340 g/mol. The topological polar surface area (TPSA) is 99.9 Å². The highest BCUT2D eigenvalue weighted by Gasteiger charge is 2.34. The van der Waals surface area contributed by atoms with Crippen molar-refractivity contribution in [3.8, 4) is 0 Å². The molecule has 1 aromatic heterocycles. The molecule has 116 valence electrons. The van der Waals surface area contributed by atoms with Crippen LogP contribution in [0, 0.1) is 0 Å². The molecule has 1 aliphatic rings. The van der Waals surface area contributed by atoms with E-state index in [4.69, 9.17) is 21.7 Å². The number of aliphatic carboxylic acids is 1. The second-order valence-corrected chi connectivity index (χ2v) is 6.09. The van der Waals surface area contributed by atoms with Gasteiger partial charge in [-0.2, -0.15) is 0 Å². The van der Waals surface area contributed by atoms with Gasteiger partial charge in [0.05, 0.1) is 11.2 Å². The molecule has 2 rings (SSSR count). The summed E-state index contributed by atoms with van der Waals surface area (Å²) in [5.74, 6) is -1.66. The van der Waals surface area contributed by atoms with Gasteiger partial charge in [0, 0.05) is 6.08 Å². The van der Waals surface area contributed by atoms with Crippen molar-refractivity contribution in [3.63, 3.8) is 0 Å². The molecule has 22 heavy (non-hydrogen) atoms. The number of thioether (sulfide) groups is 1. The first kappa shape index (κ1) is 16.2. The molecule has 0 bridgehead atoms. The maximum atomic E-state index is 12.2.